The third-order valence-electron chi connectivity index (χ3n) is 5.82. The molecule has 3 rings (SSSR count). The van der Waals surface area contributed by atoms with Crippen molar-refractivity contribution in [2.45, 2.75) is 58.7 Å². The number of likely N-dealkylation sites (tertiary alicyclic amines) is 1. The molecule has 10 heteroatoms. The molecule has 2 saturated heterocycles. The number of halogens is 2. The second-order valence-corrected chi connectivity index (χ2v) is 9.58. The number of urea groups is 1. The summed E-state index contributed by atoms with van der Waals surface area (Å²) >= 11 is 0. The van der Waals surface area contributed by atoms with Crippen molar-refractivity contribution >= 4 is 18.0 Å². The Kier molecular flexibility index (Phi) is 7.48. The number of nitrogens with zero attached hydrogens (tertiary/aromatic N) is 4. The predicted molar refractivity (Wildman–Crippen MR) is 125 cm³/mol. The van der Waals surface area contributed by atoms with Gasteiger partial charge in [0.1, 0.15) is 22.9 Å². The minimum absolute atomic E-state index is 0.0764. The number of rotatable bonds is 4. The first-order valence-corrected chi connectivity index (χ1v) is 11.3. The zero-order valence-electron chi connectivity index (χ0n) is 20.6. The fourth-order valence-corrected chi connectivity index (χ4v) is 4.26. The van der Waals surface area contributed by atoms with Crippen molar-refractivity contribution in [1.29, 1.82) is 0 Å². The highest BCUT2D eigenvalue weighted by Crippen LogP contribution is 2.30. The molecule has 3 amide bonds. The quantitative estimate of drug-likeness (QED) is 0.709. The Hall–Kier alpha value is -3.17. The Morgan fingerprint density at radius 2 is 2.00 bits per heavy atom. The first-order chi connectivity index (χ1) is 15.9. The number of likely N-dealkylation sites (N-methyl/N-ethyl adjacent to an activating group) is 1. The van der Waals surface area contributed by atoms with Gasteiger partial charge in [-0.05, 0) is 58.7 Å². The molecule has 0 aliphatic carbocycles. The van der Waals surface area contributed by atoms with E-state index < -0.39 is 23.3 Å². The van der Waals surface area contributed by atoms with Gasteiger partial charge < -0.3 is 15.0 Å². The fourth-order valence-electron chi connectivity index (χ4n) is 4.26. The average molecular weight is 478 g/mol. The van der Waals surface area contributed by atoms with E-state index in [9.17, 15) is 18.4 Å². The number of ether oxygens (including phenoxy) is 1. The van der Waals surface area contributed by atoms with Gasteiger partial charge in [0, 0.05) is 44.5 Å². The van der Waals surface area contributed by atoms with Crippen molar-refractivity contribution in [3.8, 4) is 0 Å². The van der Waals surface area contributed by atoms with Gasteiger partial charge in [0.05, 0.1) is 6.54 Å². The van der Waals surface area contributed by atoms with Crippen LogP contribution in [0, 0.1) is 11.6 Å². The Labute approximate surface area is 199 Å². The molecule has 34 heavy (non-hydrogen) atoms. The van der Waals surface area contributed by atoms with Crippen LogP contribution in [0.15, 0.2) is 34.6 Å². The SMILES string of the molecule is C/N=C1\C(=C(/C)N2CCC[C@@H](NC(=O)OC(C)(C)C)C2)N(Cc2cc(F)ccc2F)C(=O)N1C. The monoisotopic (exact) mass is 477 g/mol. The largest absolute Gasteiger partial charge is 0.444 e. The van der Waals surface area contributed by atoms with Gasteiger partial charge in [-0.1, -0.05) is 0 Å². The molecule has 1 atom stereocenters. The zero-order valence-corrected chi connectivity index (χ0v) is 20.6. The molecule has 0 spiro atoms. The van der Waals surface area contributed by atoms with Gasteiger partial charge in [-0.25, -0.2) is 18.4 Å². The van der Waals surface area contributed by atoms with E-state index in [1.54, 1.807) is 14.1 Å². The van der Waals surface area contributed by atoms with Crippen LogP contribution in [-0.4, -0.2) is 71.5 Å². The molecule has 1 aromatic rings. The van der Waals surface area contributed by atoms with Crippen LogP contribution in [0.5, 0.6) is 0 Å². The van der Waals surface area contributed by atoms with Crippen LogP contribution in [0.25, 0.3) is 0 Å². The topological polar surface area (TPSA) is 77.5 Å². The van der Waals surface area contributed by atoms with Gasteiger partial charge in [0.25, 0.3) is 0 Å². The van der Waals surface area contributed by atoms with Crippen LogP contribution < -0.4 is 5.32 Å². The number of hydrogen-bond donors (Lipinski definition) is 1. The number of hydrogen-bond acceptors (Lipinski definition) is 5. The highest BCUT2D eigenvalue weighted by Gasteiger charge is 2.39. The van der Waals surface area contributed by atoms with Gasteiger partial charge >= 0.3 is 12.1 Å². The average Bonchev–Trinajstić information content (AvgIpc) is 2.98. The summed E-state index contributed by atoms with van der Waals surface area (Å²) in [4.78, 5) is 34.5. The maximum atomic E-state index is 14.4. The number of carbonyl (C=O) groups is 2. The number of aliphatic imine (C=N–C) groups is 1. The lowest BCUT2D eigenvalue weighted by Crippen LogP contribution is -2.48. The first-order valence-electron chi connectivity index (χ1n) is 11.3. The van der Waals surface area contributed by atoms with Crippen molar-refractivity contribution in [3.63, 3.8) is 0 Å². The van der Waals surface area contributed by atoms with E-state index >= 15 is 0 Å². The molecule has 186 valence electrons. The number of allylic oxidation sites excluding steroid dienone is 1. The van der Waals surface area contributed by atoms with Gasteiger partial charge in [-0.2, -0.15) is 0 Å². The minimum Gasteiger partial charge on any atom is -0.444 e. The van der Waals surface area contributed by atoms with Crippen LogP contribution in [0.1, 0.15) is 46.1 Å². The molecule has 1 aromatic carbocycles. The van der Waals surface area contributed by atoms with Crippen LogP contribution in [0.4, 0.5) is 18.4 Å². The number of carbonyl (C=O) groups excluding carboxylic acids is 2. The molecule has 8 nitrogen and oxygen atoms in total. The molecule has 0 aromatic heterocycles. The van der Waals surface area contributed by atoms with Crippen LogP contribution in [-0.2, 0) is 11.3 Å². The summed E-state index contributed by atoms with van der Waals surface area (Å²) in [6, 6.07) is 2.68. The molecule has 0 bridgehead atoms. The highest BCUT2D eigenvalue weighted by molar-refractivity contribution is 6.14. The normalized spacial score (nSPS) is 21.9. The number of nitrogens with one attached hydrogen (secondary N) is 1. The molecular weight excluding hydrogens is 444 g/mol. The van der Waals surface area contributed by atoms with E-state index in [0.717, 1.165) is 43.3 Å². The maximum Gasteiger partial charge on any atom is 0.407 e. The standard InChI is InChI=1S/C24H33F2N5O3/c1-15(30-11-7-8-18(14-30)28-22(32)34-24(2,3)4)20-21(27-5)29(6)23(33)31(20)13-16-12-17(25)9-10-19(16)26/h9-10,12,18H,7-8,11,13-14H2,1-6H3,(H,28,32)/b20-15-,27-21+/t18-/m1/s1. The van der Waals surface area contributed by atoms with Crippen molar-refractivity contribution in [2.75, 3.05) is 27.2 Å². The van der Waals surface area contributed by atoms with E-state index in [1.807, 2.05) is 27.7 Å². The van der Waals surface area contributed by atoms with E-state index in [4.69, 9.17) is 4.74 Å². The predicted octanol–water partition coefficient (Wildman–Crippen LogP) is 4.08. The molecule has 1 N–H and O–H groups in total. The molecule has 2 heterocycles. The van der Waals surface area contributed by atoms with Gasteiger partial charge in [-0.3, -0.25) is 14.8 Å². The second kappa shape index (κ2) is 9.99. The lowest BCUT2D eigenvalue weighted by molar-refractivity contribution is 0.0480. The van der Waals surface area contributed by atoms with Gasteiger partial charge in [0.15, 0.2) is 5.84 Å². The molecule has 2 fully saturated rings. The van der Waals surface area contributed by atoms with E-state index in [2.05, 4.69) is 15.2 Å². The molecule has 2 aliphatic rings. The van der Waals surface area contributed by atoms with Crippen molar-refractivity contribution in [2.24, 2.45) is 4.99 Å². The van der Waals surface area contributed by atoms with Crippen LogP contribution in [0.2, 0.25) is 0 Å². The molecule has 0 unspecified atom stereocenters. The summed E-state index contributed by atoms with van der Waals surface area (Å²) in [5, 5.41) is 2.92. The third kappa shape index (κ3) is 5.66. The van der Waals surface area contributed by atoms with Gasteiger partial charge in [-0.15, -0.1) is 0 Å². The lowest BCUT2D eigenvalue weighted by Gasteiger charge is -2.36. The zero-order chi connectivity index (χ0) is 25.2. The molecule has 0 radical (unpaired) electrons. The Morgan fingerprint density at radius 1 is 1.29 bits per heavy atom. The van der Waals surface area contributed by atoms with E-state index in [-0.39, 0.29) is 24.2 Å². The highest BCUT2D eigenvalue weighted by atomic mass is 19.1. The summed E-state index contributed by atoms with van der Waals surface area (Å²) in [6.07, 6.45) is 1.15. The summed E-state index contributed by atoms with van der Waals surface area (Å²) in [6.45, 7) is 8.41. The first kappa shape index (κ1) is 25.5. The number of alkyl carbamates (subject to hydrolysis) is 1. The smallest absolute Gasteiger partial charge is 0.407 e. The number of benzene rings is 1. The third-order valence-corrected chi connectivity index (χ3v) is 5.82. The fraction of sp³-hybridized carbons (Fsp3) is 0.542. The Morgan fingerprint density at radius 3 is 2.65 bits per heavy atom. The summed E-state index contributed by atoms with van der Waals surface area (Å²) in [5.41, 5.74) is 0.791. The van der Waals surface area contributed by atoms with Crippen molar-refractivity contribution < 1.29 is 23.1 Å². The van der Waals surface area contributed by atoms with Crippen LogP contribution in [0.3, 0.4) is 0 Å². The Balaban J connectivity index is 1.88. The second-order valence-electron chi connectivity index (χ2n) is 9.58. The van der Waals surface area contributed by atoms with Crippen molar-refractivity contribution in [1.82, 2.24) is 20.0 Å². The van der Waals surface area contributed by atoms with Crippen LogP contribution >= 0.6 is 0 Å². The molecule has 2 aliphatic heterocycles. The Bertz CT molecular complexity index is 1020. The van der Waals surface area contributed by atoms with Crippen molar-refractivity contribution in [3.05, 3.63) is 46.8 Å². The summed E-state index contributed by atoms with van der Waals surface area (Å²) in [5.74, 6) is -0.716. The van der Waals surface area contributed by atoms with E-state index in [0.29, 0.717) is 18.1 Å². The number of amidine groups is 1. The molecule has 0 saturated carbocycles. The lowest BCUT2D eigenvalue weighted by atomic mass is 10.0. The molecular formula is C24H33F2N5O3. The summed E-state index contributed by atoms with van der Waals surface area (Å²) in [7, 11) is 3.19. The summed E-state index contributed by atoms with van der Waals surface area (Å²) < 4.78 is 33.5. The number of amides is 3. The van der Waals surface area contributed by atoms with E-state index in [1.165, 1.54) is 9.80 Å². The minimum atomic E-state index is -0.593. The van der Waals surface area contributed by atoms with Gasteiger partial charge in [0.2, 0.25) is 0 Å². The number of piperidine rings is 1. The maximum absolute atomic E-state index is 14.4.